The average molecular weight is 295 g/mol. The molecule has 0 aliphatic carbocycles. The van der Waals surface area contributed by atoms with Crippen LogP contribution >= 0.6 is 0 Å². The molecule has 2 rings (SSSR count). The molecule has 2 aromatic rings. The summed E-state index contributed by atoms with van der Waals surface area (Å²) in [6, 6.07) is 8.53. The molecule has 108 valence electrons. The van der Waals surface area contributed by atoms with Gasteiger partial charge in [-0.25, -0.2) is 0 Å². The Morgan fingerprint density at radius 2 is 2.05 bits per heavy atom. The molecule has 0 bridgehead atoms. The molecule has 0 saturated heterocycles. The Hall–Kier alpha value is -1.63. The van der Waals surface area contributed by atoms with Gasteiger partial charge in [-0.15, -0.1) is 0 Å². The van der Waals surface area contributed by atoms with Crippen molar-refractivity contribution in [2.24, 2.45) is 0 Å². The number of furan rings is 1. The van der Waals surface area contributed by atoms with Crippen LogP contribution in [0.2, 0.25) is 0 Å². The molecule has 1 aromatic heterocycles. The summed E-state index contributed by atoms with van der Waals surface area (Å²) in [7, 11) is -4.28. The van der Waals surface area contributed by atoms with Gasteiger partial charge in [-0.1, -0.05) is 26.0 Å². The number of hydrogen-bond donors (Lipinski definition) is 2. The van der Waals surface area contributed by atoms with Gasteiger partial charge in [-0.2, -0.15) is 8.42 Å². The summed E-state index contributed by atoms with van der Waals surface area (Å²) in [5.74, 6) is 0.554. The van der Waals surface area contributed by atoms with E-state index in [1.54, 1.807) is 24.3 Å². The SMILES string of the molecule is CC(C)NCc1ccc(-c2ccco2)cc1S(=O)(=O)O. The van der Waals surface area contributed by atoms with Crippen molar-refractivity contribution in [1.82, 2.24) is 5.32 Å². The van der Waals surface area contributed by atoms with Gasteiger partial charge in [0.05, 0.1) is 11.2 Å². The van der Waals surface area contributed by atoms with Gasteiger partial charge in [0.25, 0.3) is 10.1 Å². The number of nitrogens with one attached hydrogen (secondary N) is 1. The van der Waals surface area contributed by atoms with Crippen molar-refractivity contribution in [2.45, 2.75) is 31.3 Å². The third-order valence-electron chi connectivity index (χ3n) is 2.85. The van der Waals surface area contributed by atoms with Crippen LogP contribution in [0.4, 0.5) is 0 Å². The minimum absolute atomic E-state index is 0.0976. The van der Waals surface area contributed by atoms with Crippen LogP contribution in [0.15, 0.2) is 45.9 Å². The Bertz CT molecular complexity index is 675. The highest BCUT2D eigenvalue weighted by molar-refractivity contribution is 7.85. The highest BCUT2D eigenvalue weighted by Gasteiger charge is 2.17. The van der Waals surface area contributed by atoms with Gasteiger partial charge in [0, 0.05) is 18.2 Å². The van der Waals surface area contributed by atoms with Crippen molar-refractivity contribution in [3.8, 4) is 11.3 Å². The molecule has 6 heteroatoms. The Kier molecular flexibility index (Phi) is 4.27. The molecule has 0 fully saturated rings. The zero-order valence-corrected chi connectivity index (χ0v) is 12.1. The van der Waals surface area contributed by atoms with Gasteiger partial charge in [-0.05, 0) is 23.8 Å². The normalized spacial score (nSPS) is 12.0. The largest absolute Gasteiger partial charge is 0.464 e. The lowest BCUT2D eigenvalue weighted by Gasteiger charge is -2.12. The van der Waals surface area contributed by atoms with E-state index in [-0.39, 0.29) is 10.9 Å². The Labute approximate surface area is 118 Å². The summed E-state index contributed by atoms with van der Waals surface area (Å²) in [6.45, 7) is 4.29. The molecular formula is C14H17NO4S. The van der Waals surface area contributed by atoms with E-state index >= 15 is 0 Å². The van der Waals surface area contributed by atoms with Crippen molar-refractivity contribution < 1.29 is 17.4 Å². The topological polar surface area (TPSA) is 79.5 Å². The fourth-order valence-electron chi connectivity index (χ4n) is 1.85. The molecule has 0 radical (unpaired) electrons. The van der Waals surface area contributed by atoms with Gasteiger partial charge in [-0.3, -0.25) is 4.55 Å². The molecule has 0 amide bonds. The zero-order valence-electron chi connectivity index (χ0n) is 11.3. The maximum Gasteiger partial charge on any atom is 0.294 e. The predicted octanol–water partition coefficient (Wildman–Crippen LogP) is 2.69. The highest BCUT2D eigenvalue weighted by Crippen LogP contribution is 2.25. The summed E-state index contributed by atoms with van der Waals surface area (Å²) < 4.78 is 37.6. The third-order valence-corrected chi connectivity index (χ3v) is 3.79. The minimum Gasteiger partial charge on any atom is -0.464 e. The quantitative estimate of drug-likeness (QED) is 0.829. The molecule has 5 nitrogen and oxygen atoms in total. The van der Waals surface area contributed by atoms with Crippen molar-refractivity contribution >= 4 is 10.1 Å². The Morgan fingerprint density at radius 1 is 1.30 bits per heavy atom. The van der Waals surface area contributed by atoms with Crippen molar-refractivity contribution in [1.29, 1.82) is 0 Å². The smallest absolute Gasteiger partial charge is 0.294 e. The monoisotopic (exact) mass is 295 g/mol. The van der Waals surface area contributed by atoms with Crippen LogP contribution in [0.3, 0.4) is 0 Å². The summed E-state index contributed by atoms with van der Waals surface area (Å²) in [6.07, 6.45) is 1.51. The molecule has 1 aromatic carbocycles. The first-order chi connectivity index (χ1) is 9.38. The second-order valence-corrected chi connectivity index (χ2v) is 6.20. The second-order valence-electron chi connectivity index (χ2n) is 4.81. The average Bonchev–Trinajstić information content (AvgIpc) is 2.88. The first-order valence-electron chi connectivity index (χ1n) is 6.25. The highest BCUT2D eigenvalue weighted by atomic mass is 32.2. The number of benzene rings is 1. The molecule has 0 aliphatic heterocycles. The fourth-order valence-corrected chi connectivity index (χ4v) is 2.60. The standard InChI is InChI=1S/C14H17NO4S/c1-10(2)15-9-12-6-5-11(13-4-3-7-19-13)8-14(12)20(16,17)18/h3-8,10,15H,9H2,1-2H3,(H,16,17,18). The van der Waals surface area contributed by atoms with Crippen molar-refractivity contribution in [3.05, 3.63) is 42.2 Å². The lowest BCUT2D eigenvalue weighted by atomic mass is 10.1. The van der Waals surface area contributed by atoms with Crippen LogP contribution in [0.25, 0.3) is 11.3 Å². The van der Waals surface area contributed by atoms with Crippen LogP contribution in [0.5, 0.6) is 0 Å². The van der Waals surface area contributed by atoms with Crippen LogP contribution in [0, 0.1) is 0 Å². The van der Waals surface area contributed by atoms with E-state index in [4.69, 9.17) is 4.42 Å². The van der Waals surface area contributed by atoms with Gasteiger partial charge >= 0.3 is 0 Å². The summed E-state index contributed by atoms with van der Waals surface area (Å²) in [5.41, 5.74) is 1.13. The van der Waals surface area contributed by atoms with Gasteiger partial charge in [0.15, 0.2) is 0 Å². The Balaban J connectivity index is 2.44. The summed E-state index contributed by atoms with van der Waals surface area (Å²) in [5, 5.41) is 3.13. The first-order valence-corrected chi connectivity index (χ1v) is 7.69. The molecule has 2 N–H and O–H groups in total. The molecule has 0 atom stereocenters. The molecule has 0 aliphatic rings. The van der Waals surface area contributed by atoms with E-state index in [1.807, 2.05) is 13.8 Å². The van der Waals surface area contributed by atoms with Crippen LogP contribution in [-0.4, -0.2) is 19.0 Å². The van der Waals surface area contributed by atoms with E-state index < -0.39 is 10.1 Å². The second kappa shape index (κ2) is 5.78. The van der Waals surface area contributed by atoms with E-state index in [0.717, 1.165) is 0 Å². The fraction of sp³-hybridized carbons (Fsp3) is 0.286. The van der Waals surface area contributed by atoms with Crippen molar-refractivity contribution in [3.63, 3.8) is 0 Å². The third kappa shape index (κ3) is 3.47. The van der Waals surface area contributed by atoms with Gasteiger partial charge in [0.1, 0.15) is 5.76 Å². The number of rotatable bonds is 5. The van der Waals surface area contributed by atoms with Crippen LogP contribution in [-0.2, 0) is 16.7 Å². The molecule has 1 heterocycles. The lowest BCUT2D eigenvalue weighted by Crippen LogP contribution is -2.23. The zero-order chi connectivity index (χ0) is 14.8. The predicted molar refractivity (Wildman–Crippen MR) is 75.9 cm³/mol. The van der Waals surface area contributed by atoms with E-state index in [1.165, 1.54) is 12.3 Å². The van der Waals surface area contributed by atoms with E-state index in [2.05, 4.69) is 5.32 Å². The molecule has 0 saturated carbocycles. The summed E-state index contributed by atoms with van der Waals surface area (Å²) >= 11 is 0. The van der Waals surface area contributed by atoms with Gasteiger partial charge in [0.2, 0.25) is 0 Å². The maximum atomic E-state index is 11.5. The van der Waals surface area contributed by atoms with E-state index in [9.17, 15) is 13.0 Å². The van der Waals surface area contributed by atoms with E-state index in [0.29, 0.717) is 23.4 Å². The Morgan fingerprint density at radius 3 is 2.60 bits per heavy atom. The molecular weight excluding hydrogens is 278 g/mol. The van der Waals surface area contributed by atoms with Crippen LogP contribution < -0.4 is 5.32 Å². The summed E-state index contributed by atoms with van der Waals surface area (Å²) in [4.78, 5) is -0.0976. The lowest BCUT2D eigenvalue weighted by molar-refractivity contribution is 0.480. The van der Waals surface area contributed by atoms with Crippen LogP contribution in [0.1, 0.15) is 19.4 Å². The minimum atomic E-state index is -4.28. The molecule has 0 spiro atoms. The first kappa shape index (κ1) is 14.8. The number of hydrogen-bond acceptors (Lipinski definition) is 4. The maximum absolute atomic E-state index is 11.5. The molecule has 20 heavy (non-hydrogen) atoms. The van der Waals surface area contributed by atoms with Gasteiger partial charge < -0.3 is 9.73 Å². The van der Waals surface area contributed by atoms with Crippen molar-refractivity contribution in [2.75, 3.05) is 0 Å². The molecule has 0 unspecified atom stereocenters.